The molecule has 0 saturated heterocycles. The van der Waals surface area contributed by atoms with Gasteiger partial charge in [-0.15, -0.1) is 0 Å². The summed E-state index contributed by atoms with van der Waals surface area (Å²) in [6.45, 7) is 5.83. The van der Waals surface area contributed by atoms with Crippen LogP contribution in [0.5, 0.6) is 0 Å². The van der Waals surface area contributed by atoms with Gasteiger partial charge in [-0.3, -0.25) is 0 Å². The van der Waals surface area contributed by atoms with Crippen LogP contribution in [0, 0.1) is 6.92 Å². The number of aryl methyl sites for hydroxylation is 1. The summed E-state index contributed by atoms with van der Waals surface area (Å²) in [7, 11) is 0. The van der Waals surface area contributed by atoms with Crippen LogP contribution in [0.25, 0.3) is 6.08 Å². The van der Waals surface area contributed by atoms with Crippen molar-refractivity contribution < 1.29 is 0 Å². The standard InChI is InChI=1S/C10H11Br/c1-3-9-4-8(2)5-10(6-9)7-11/h3-6H,1,7H2,2H3. The number of halogens is 1. The van der Waals surface area contributed by atoms with Gasteiger partial charge >= 0.3 is 0 Å². The quantitative estimate of drug-likeness (QED) is 0.656. The molecule has 0 nitrogen and oxygen atoms in total. The van der Waals surface area contributed by atoms with E-state index in [1.807, 2.05) is 6.08 Å². The molecule has 1 aromatic rings. The van der Waals surface area contributed by atoms with Crippen LogP contribution < -0.4 is 0 Å². The highest BCUT2D eigenvalue weighted by Gasteiger charge is 1.93. The van der Waals surface area contributed by atoms with E-state index in [0.29, 0.717) is 0 Å². The van der Waals surface area contributed by atoms with Crippen LogP contribution in [0.4, 0.5) is 0 Å². The predicted molar refractivity (Wildman–Crippen MR) is 53.9 cm³/mol. The van der Waals surface area contributed by atoms with E-state index in [9.17, 15) is 0 Å². The molecule has 0 unspecified atom stereocenters. The molecule has 0 saturated carbocycles. The summed E-state index contributed by atoms with van der Waals surface area (Å²) < 4.78 is 0. The summed E-state index contributed by atoms with van der Waals surface area (Å²) in [4.78, 5) is 0. The van der Waals surface area contributed by atoms with Crippen LogP contribution in [0.2, 0.25) is 0 Å². The first kappa shape index (κ1) is 8.54. The molecule has 1 heteroatoms. The molecule has 0 amide bonds. The van der Waals surface area contributed by atoms with Gasteiger partial charge in [-0.2, -0.15) is 0 Å². The largest absolute Gasteiger partial charge is 0.0985 e. The molecule has 0 N–H and O–H groups in total. The van der Waals surface area contributed by atoms with E-state index >= 15 is 0 Å². The first-order valence-corrected chi connectivity index (χ1v) is 4.67. The Morgan fingerprint density at radius 2 is 2.18 bits per heavy atom. The van der Waals surface area contributed by atoms with Gasteiger partial charge in [-0.1, -0.05) is 52.3 Å². The van der Waals surface area contributed by atoms with Crippen LogP contribution in [-0.4, -0.2) is 0 Å². The molecule has 0 bridgehead atoms. The molecule has 0 atom stereocenters. The average molecular weight is 211 g/mol. The van der Waals surface area contributed by atoms with E-state index in [1.54, 1.807) is 0 Å². The van der Waals surface area contributed by atoms with Crippen LogP contribution in [0.3, 0.4) is 0 Å². The SMILES string of the molecule is C=Cc1cc(C)cc(CBr)c1. The fourth-order valence-corrected chi connectivity index (χ4v) is 1.41. The average Bonchev–Trinajstić information content (AvgIpc) is 2.03. The monoisotopic (exact) mass is 210 g/mol. The number of hydrogen-bond acceptors (Lipinski definition) is 0. The fraction of sp³-hybridized carbons (Fsp3) is 0.200. The van der Waals surface area contributed by atoms with Crippen LogP contribution in [-0.2, 0) is 5.33 Å². The van der Waals surface area contributed by atoms with E-state index < -0.39 is 0 Å². The first-order valence-electron chi connectivity index (χ1n) is 3.55. The van der Waals surface area contributed by atoms with Gasteiger partial charge in [0.15, 0.2) is 0 Å². The molecular formula is C10H11Br. The second-order valence-corrected chi connectivity index (χ2v) is 3.15. The van der Waals surface area contributed by atoms with Gasteiger partial charge in [0.05, 0.1) is 0 Å². The van der Waals surface area contributed by atoms with Gasteiger partial charge in [0.1, 0.15) is 0 Å². The van der Waals surface area contributed by atoms with Gasteiger partial charge < -0.3 is 0 Å². The highest BCUT2D eigenvalue weighted by molar-refractivity contribution is 9.08. The summed E-state index contributed by atoms with van der Waals surface area (Å²) in [5.74, 6) is 0. The summed E-state index contributed by atoms with van der Waals surface area (Å²) in [6.07, 6.45) is 1.87. The normalized spacial score (nSPS) is 9.64. The number of rotatable bonds is 2. The van der Waals surface area contributed by atoms with Gasteiger partial charge in [0.2, 0.25) is 0 Å². The van der Waals surface area contributed by atoms with Gasteiger partial charge in [-0.25, -0.2) is 0 Å². The third kappa shape index (κ3) is 2.19. The van der Waals surface area contributed by atoms with Crippen LogP contribution in [0.1, 0.15) is 16.7 Å². The minimum absolute atomic E-state index is 0.912. The molecule has 0 aliphatic carbocycles. The van der Waals surface area contributed by atoms with Crippen molar-refractivity contribution in [1.29, 1.82) is 0 Å². The second-order valence-electron chi connectivity index (χ2n) is 2.59. The zero-order valence-electron chi connectivity index (χ0n) is 6.60. The third-order valence-electron chi connectivity index (χ3n) is 1.55. The molecule has 1 rings (SSSR count). The minimum atomic E-state index is 0.912. The maximum atomic E-state index is 3.73. The Morgan fingerprint density at radius 1 is 1.45 bits per heavy atom. The lowest BCUT2D eigenvalue weighted by molar-refractivity contribution is 1.36. The summed E-state index contributed by atoms with van der Waals surface area (Å²) in [5, 5.41) is 0.912. The topological polar surface area (TPSA) is 0 Å². The Labute approximate surface area is 76.1 Å². The van der Waals surface area contributed by atoms with Crippen molar-refractivity contribution in [3.8, 4) is 0 Å². The fourth-order valence-electron chi connectivity index (χ4n) is 1.09. The number of benzene rings is 1. The molecule has 0 heterocycles. The van der Waals surface area contributed by atoms with Crippen molar-refractivity contribution in [2.45, 2.75) is 12.3 Å². The molecular weight excluding hydrogens is 200 g/mol. The molecule has 58 valence electrons. The van der Waals surface area contributed by atoms with Gasteiger partial charge in [0, 0.05) is 5.33 Å². The Hall–Kier alpha value is -0.560. The zero-order chi connectivity index (χ0) is 8.27. The van der Waals surface area contributed by atoms with E-state index in [0.717, 1.165) is 5.33 Å². The second kappa shape index (κ2) is 3.72. The molecule has 0 aliphatic rings. The summed E-state index contributed by atoms with van der Waals surface area (Å²) in [5.41, 5.74) is 3.79. The predicted octanol–water partition coefficient (Wildman–Crippen LogP) is 3.53. The first-order chi connectivity index (χ1) is 5.26. The highest BCUT2D eigenvalue weighted by atomic mass is 79.9. The van der Waals surface area contributed by atoms with Crippen molar-refractivity contribution in [3.63, 3.8) is 0 Å². The Bertz CT molecular complexity index is 264. The van der Waals surface area contributed by atoms with E-state index in [2.05, 4.69) is 47.6 Å². The van der Waals surface area contributed by atoms with E-state index in [-0.39, 0.29) is 0 Å². The lowest BCUT2D eigenvalue weighted by Crippen LogP contribution is -1.82. The van der Waals surface area contributed by atoms with Gasteiger partial charge in [0.25, 0.3) is 0 Å². The minimum Gasteiger partial charge on any atom is -0.0985 e. The Morgan fingerprint density at radius 3 is 2.73 bits per heavy atom. The highest BCUT2D eigenvalue weighted by Crippen LogP contribution is 2.12. The van der Waals surface area contributed by atoms with Crippen molar-refractivity contribution in [1.82, 2.24) is 0 Å². The number of alkyl halides is 1. The molecule has 1 aromatic carbocycles. The van der Waals surface area contributed by atoms with Crippen LogP contribution >= 0.6 is 15.9 Å². The van der Waals surface area contributed by atoms with Crippen molar-refractivity contribution in [3.05, 3.63) is 41.5 Å². The lowest BCUT2D eigenvalue weighted by atomic mass is 10.1. The lowest BCUT2D eigenvalue weighted by Gasteiger charge is -2.00. The number of hydrogen-bond donors (Lipinski definition) is 0. The summed E-state index contributed by atoms with van der Waals surface area (Å²) in [6, 6.07) is 6.43. The maximum Gasteiger partial charge on any atom is 0.0283 e. The zero-order valence-corrected chi connectivity index (χ0v) is 8.19. The van der Waals surface area contributed by atoms with E-state index in [1.165, 1.54) is 16.7 Å². The Kier molecular flexibility index (Phi) is 2.89. The van der Waals surface area contributed by atoms with E-state index in [4.69, 9.17) is 0 Å². The van der Waals surface area contributed by atoms with Crippen molar-refractivity contribution >= 4 is 22.0 Å². The molecule has 0 radical (unpaired) electrons. The molecule has 0 spiro atoms. The molecule has 0 fully saturated rings. The Balaban J connectivity index is 3.11. The van der Waals surface area contributed by atoms with Crippen molar-refractivity contribution in [2.75, 3.05) is 0 Å². The summed E-state index contributed by atoms with van der Waals surface area (Å²) >= 11 is 3.42. The van der Waals surface area contributed by atoms with Gasteiger partial charge in [-0.05, 0) is 18.1 Å². The molecule has 0 aliphatic heterocycles. The smallest absolute Gasteiger partial charge is 0.0283 e. The third-order valence-corrected chi connectivity index (χ3v) is 2.20. The molecule has 0 aromatic heterocycles. The molecule has 11 heavy (non-hydrogen) atoms. The van der Waals surface area contributed by atoms with Crippen molar-refractivity contribution in [2.24, 2.45) is 0 Å². The maximum absolute atomic E-state index is 3.73. The van der Waals surface area contributed by atoms with Crippen LogP contribution in [0.15, 0.2) is 24.8 Å².